The van der Waals surface area contributed by atoms with Gasteiger partial charge in [-0.15, -0.1) is 0 Å². The molecule has 3 heterocycles. The average molecular weight is 325 g/mol. The van der Waals surface area contributed by atoms with Gasteiger partial charge in [0.25, 0.3) is 5.91 Å². The smallest absolute Gasteiger partial charge is 0.251 e. The van der Waals surface area contributed by atoms with E-state index in [0.29, 0.717) is 23.6 Å². The highest BCUT2D eigenvalue weighted by atomic mass is 32.1. The van der Waals surface area contributed by atoms with E-state index in [4.69, 9.17) is 8.83 Å². The summed E-state index contributed by atoms with van der Waals surface area (Å²) < 4.78 is 19.0. The molecule has 114 valence electrons. The molecule has 0 atom stereocenters. The second-order valence-corrected chi connectivity index (χ2v) is 5.46. The summed E-state index contributed by atoms with van der Waals surface area (Å²) in [6, 6.07) is 10.7. The summed E-state index contributed by atoms with van der Waals surface area (Å²) in [6.45, 7) is 0.310. The topological polar surface area (TPSA) is 81.2 Å². The third-order valence-corrected chi connectivity index (χ3v) is 3.96. The molecule has 0 spiro atoms. The maximum absolute atomic E-state index is 12.2. The maximum Gasteiger partial charge on any atom is 0.251 e. The number of amides is 1. The quantitative estimate of drug-likeness (QED) is 0.621. The van der Waals surface area contributed by atoms with Crippen LogP contribution >= 0.6 is 11.7 Å². The standard InChI is InChI=1S/C16H11N3O3S/c20-16(10-1-3-13-14(7-10)19-23-18-13)17-8-12-2-4-15(22-12)11-5-6-21-9-11/h1-7,9H,8H2,(H,17,20). The molecule has 4 rings (SSSR count). The number of rotatable bonds is 4. The number of aromatic nitrogens is 2. The van der Waals surface area contributed by atoms with E-state index >= 15 is 0 Å². The SMILES string of the molecule is O=C(NCc1ccc(-c2ccoc2)o1)c1ccc2nsnc2c1. The van der Waals surface area contributed by atoms with Crippen LogP contribution in [-0.2, 0) is 6.54 Å². The number of nitrogens with one attached hydrogen (secondary N) is 1. The van der Waals surface area contributed by atoms with E-state index in [2.05, 4.69) is 14.1 Å². The molecule has 0 aliphatic carbocycles. The van der Waals surface area contributed by atoms with Crippen molar-refractivity contribution >= 4 is 28.7 Å². The van der Waals surface area contributed by atoms with Crippen molar-refractivity contribution in [3.05, 3.63) is 60.2 Å². The Hall–Kier alpha value is -2.93. The normalized spacial score (nSPS) is 11.0. The highest BCUT2D eigenvalue weighted by Crippen LogP contribution is 2.22. The Bertz CT molecular complexity index is 956. The van der Waals surface area contributed by atoms with Crippen molar-refractivity contribution in [3.63, 3.8) is 0 Å². The fourth-order valence-electron chi connectivity index (χ4n) is 2.23. The third kappa shape index (κ3) is 2.74. The summed E-state index contributed by atoms with van der Waals surface area (Å²) in [4.78, 5) is 12.2. The highest BCUT2D eigenvalue weighted by Gasteiger charge is 2.10. The van der Waals surface area contributed by atoms with Gasteiger partial charge in [0.15, 0.2) is 0 Å². The van der Waals surface area contributed by atoms with Gasteiger partial charge in [0.1, 0.15) is 28.8 Å². The zero-order chi connectivity index (χ0) is 15.6. The van der Waals surface area contributed by atoms with Crippen LogP contribution in [0.2, 0.25) is 0 Å². The Morgan fingerprint density at radius 3 is 2.91 bits per heavy atom. The number of carbonyl (C=O) groups excluding carboxylic acids is 1. The van der Waals surface area contributed by atoms with Crippen molar-refractivity contribution in [1.82, 2.24) is 14.1 Å². The first-order valence-electron chi connectivity index (χ1n) is 6.91. The molecule has 0 aliphatic rings. The first-order valence-corrected chi connectivity index (χ1v) is 7.64. The maximum atomic E-state index is 12.2. The molecule has 3 aromatic heterocycles. The predicted octanol–water partition coefficient (Wildman–Crippen LogP) is 3.47. The molecule has 1 amide bonds. The Labute approximate surface area is 135 Å². The van der Waals surface area contributed by atoms with Gasteiger partial charge in [0, 0.05) is 5.56 Å². The number of benzene rings is 1. The van der Waals surface area contributed by atoms with Gasteiger partial charge >= 0.3 is 0 Å². The zero-order valence-electron chi connectivity index (χ0n) is 11.9. The number of fused-ring (bicyclic) bond motifs is 1. The van der Waals surface area contributed by atoms with Gasteiger partial charge in [0.2, 0.25) is 0 Å². The van der Waals surface area contributed by atoms with Gasteiger partial charge in [-0.3, -0.25) is 4.79 Å². The van der Waals surface area contributed by atoms with E-state index < -0.39 is 0 Å². The van der Waals surface area contributed by atoms with E-state index in [-0.39, 0.29) is 5.91 Å². The van der Waals surface area contributed by atoms with E-state index in [9.17, 15) is 4.79 Å². The molecule has 0 bridgehead atoms. The fourth-order valence-corrected chi connectivity index (χ4v) is 2.74. The second kappa shape index (κ2) is 5.69. The second-order valence-electron chi connectivity index (χ2n) is 4.93. The van der Waals surface area contributed by atoms with E-state index in [1.54, 1.807) is 30.7 Å². The summed E-state index contributed by atoms with van der Waals surface area (Å²) in [7, 11) is 0. The van der Waals surface area contributed by atoms with E-state index in [1.807, 2.05) is 18.2 Å². The molecule has 1 N–H and O–H groups in total. The van der Waals surface area contributed by atoms with Crippen LogP contribution < -0.4 is 5.32 Å². The molecular formula is C16H11N3O3S. The molecule has 6 nitrogen and oxygen atoms in total. The Morgan fingerprint density at radius 2 is 2.04 bits per heavy atom. The molecule has 1 aromatic carbocycles. The van der Waals surface area contributed by atoms with Gasteiger partial charge in [-0.2, -0.15) is 8.75 Å². The van der Waals surface area contributed by atoms with Crippen LogP contribution in [0.3, 0.4) is 0 Å². The molecular weight excluding hydrogens is 314 g/mol. The summed E-state index contributed by atoms with van der Waals surface area (Å²) in [6.07, 6.45) is 3.20. The monoisotopic (exact) mass is 325 g/mol. The first kappa shape index (κ1) is 13.7. The van der Waals surface area contributed by atoms with Crippen LogP contribution in [0, 0.1) is 0 Å². The molecule has 23 heavy (non-hydrogen) atoms. The molecule has 0 unspecified atom stereocenters. The number of furan rings is 2. The van der Waals surface area contributed by atoms with Gasteiger partial charge in [-0.25, -0.2) is 0 Å². The fraction of sp³-hybridized carbons (Fsp3) is 0.0625. The number of carbonyl (C=O) groups is 1. The summed E-state index contributed by atoms with van der Waals surface area (Å²) in [5.74, 6) is 1.20. The lowest BCUT2D eigenvalue weighted by Crippen LogP contribution is -2.22. The number of hydrogen-bond acceptors (Lipinski definition) is 6. The predicted molar refractivity (Wildman–Crippen MR) is 85.0 cm³/mol. The van der Waals surface area contributed by atoms with Crippen LogP contribution in [0.25, 0.3) is 22.4 Å². The summed E-state index contributed by atoms with van der Waals surface area (Å²) in [5.41, 5.74) is 2.93. The number of nitrogens with zero attached hydrogens (tertiary/aromatic N) is 2. The minimum Gasteiger partial charge on any atom is -0.472 e. The van der Waals surface area contributed by atoms with Crippen LogP contribution in [0.4, 0.5) is 0 Å². The Kier molecular flexibility index (Phi) is 3.39. The molecule has 0 aliphatic heterocycles. The van der Waals surface area contributed by atoms with Crippen molar-refractivity contribution in [2.24, 2.45) is 0 Å². The lowest BCUT2D eigenvalue weighted by atomic mass is 10.2. The minimum absolute atomic E-state index is 0.179. The highest BCUT2D eigenvalue weighted by molar-refractivity contribution is 7.00. The van der Waals surface area contributed by atoms with Crippen molar-refractivity contribution in [1.29, 1.82) is 0 Å². The Morgan fingerprint density at radius 1 is 1.13 bits per heavy atom. The number of hydrogen-bond donors (Lipinski definition) is 1. The largest absolute Gasteiger partial charge is 0.472 e. The van der Waals surface area contributed by atoms with Crippen molar-refractivity contribution in [3.8, 4) is 11.3 Å². The van der Waals surface area contributed by atoms with Crippen LogP contribution in [-0.4, -0.2) is 14.7 Å². The van der Waals surface area contributed by atoms with E-state index in [1.165, 1.54) is 0 Å². The summed E-state index contributed by atoms with van der Waals surface area (Å²) in [5, 5.41) is 2.83. The van der Waals surface area contributed by atoms with E-state index in [0.717, 1.165) is 28.3 Å². The molecule has 7 heteroatoms. The van der Waals surface area contributed by atoms with Crippen molar-refractivity contribution in [2.45, 2.75) is 6.54 Å². The van der Waals surface area contributed by atoms with Crippen LogP contribution in [0.1, 0.15) is 16.1 Å². The Balaban J connectivity index is 1.45. The summed E-state index contributed by atoms with van der Waals surface area (Å²) >= 11 is 1.13. The van der Waals surface area contributed by atoms with Gasteiger partial charge in [0.05, 0.1) is 30.1 Å². The van der Waals surface area contributed by atoms with Crippen molar-refractivity contribution < 1.29 is 13.6 Å². The molecule has 4 aromatic rings. The van der Waals surface area contributed by atoms with Crippen LogP contribution in [0.5, 0.6) is 0 Å². The lowest BCUT2D eigenvalue weighted by Gasteiger charge is -2.03. The minimum atomic E-state index is -0.179. The van der Waals surface area contributed by atoms with Gasteiger partial charge in [-0.1, -0.05) is 0 Å². The first-order chi connectivity index (χ1) is 11.3. The van der Waals surface area contributed by atoms with Gasteiger partial charge < -0.3 is 14.2 Å². The molecule has 0 saturated carbocycles. The average Bonchev–Trinajstić information content (AvgIpc) is 3.32. The lowest BCUT2D eigenvalue weighted by molar-refractivity contribution is 0.0948. The van der Waals surface area contributed by atoms with Crippen LogP contribution in [0.15, 0.2) is 57.8 Å². The van der Waals surface area contributed by atoms with Crippen molar-refractivity contribution in [2.75, 3.05) is 0 Å². The van der Waals surface area contributed by atoms with Gasteiger partial charge in [-0.05, 0) is 36.4 Å². The zero-order valence-corrected chi connectivity index (χ0v) is 12.7. The third-order valence-electron chi connectivity index (χ3n) is 3.41. The molecule has 0 saturated heterocycles. The molecule has 0 fully saturated rings. The molecule has 0 radical (unpaired) electrons.